The Balaban J connectivity index is 1.06. The highest BCUT2D eigenvalue weighted by molar-refractivity contribution is 6.03. The molecule has 0 saturated carbocycles. The number of pyridine rings is 1. The van der Waals surface area contributed by atoms with Crippen LogP contribution in [0.15, 0.2) is 67.0 Å². The smallest absolute Gasteiger partial charge is 0.276 e. The standard InChI is InChI=1S/C35H33F2N5O6/c1-22-19-23(36)3-5-28(22)42-11-8-26(40-42)35(43)39-24-4-6-29(25(37)20-24)48-30-7-9-38-27-21-31(33-34(32(27)30)47-18-17-46-33)45-14-2-10-41-12-15-44-16-13-41/h3-9,11,19-21H,2,10,12-18H2,1H3,(H,39,43). The molecular weight excluding hydrogens is 624 g/mol. The number of ether oxygens (including phenoxy) is 5. The van der Waals surface area contributed by atoms with E-state index >= 15 is 4.39 Å². The summed E-state index contributed by atoms with van der Waals surface area (Å²) in [4.78, 5) is 19.7. The van der Waals surface area contributed by atoms with Crippen molar-refractivity contribution >= 4 is 22.5 Å². The molecule has 0 radical (unpaired) electrons. The first-order chi connectivity index (χ1) is 23.4. The van der Waals surface area contributed by atoms with Crippen molar-refractivity contribution in [3.8, 4) is 34.4 Å². The zero-order valence-electron chi connectivity index (χ0n) is 26.2. The van der Waals surface area contributed by atoms with Crippen LogP contribution >= 0.6 is 0 Å². The van der Waals surface area contributed by atoms with Crippen molar-refractivity contribution < 1.29 is 37.3 Å². The lowest BCUT2D eigenvalue weighted by Crippen LogP contribution is -2.37. The number of nitrogens with zero attached hydrogens (tertiary/aromatic N) is 4. The van der Waals surface area contributed by atoms with Crippen LogP contribution in [0.2, 0.25) is 0 Å². The zero-order valence-corrected chi connectivity index (χ0v) is 26.2. The van der Waals surface area contributed by atoms with Crippen LogP contribution < -0.4 is 24.3 Å². The van der Waals surface area contributed by atoms with Crippen LogP contribution in [0.1, 0.15) is 22.5 Å². The Morgan fingerprint density at radius 3 is 2.58 bits per heavy atom. The van der Waals surface area contributed by atoms with Gasteiger partial charge in [-0.15, -0.1) is 0 Å². The summed E-state index contributed by atoms with van der Waals surface area (Å²) in [7, 11) is 0. The van der Waals surface area contributed by atoms with E-state index in [0.29, 0.717) is 65.0 Å². The van der Waals surface area contributed by atoms with Crippen LogP contribution in [0.5, 0.6) is 28.7 Å². The number of halogens is 2. The second-order valence-corrected chi connectivity index (χ2v) is 11.4. The topological polar surface area (TPSA) is 109 Å². The van der Waals surface area contributed by atoms with Gasteiger partial charge in [-0.2, -0.15) is 5.10 Å². The molecule has 1 amide bonds. The molecule has 0 atom stereocenters. The van der Waals surface area contributed by atoms with Crippen molar-refractivity contribution in [2.24, 2.45) is 0 Å². The highest BCUT2D eigenvalue weighted by atomic mass is 19.1. The van der Waals surface area contributed by atoms with E-state index < -0.39 is 11.7 Å². The maximum Gasteiger partial charge on any atom is 0.276 e. The van der Waals surface area contributed by atoms with E-state index in [2.05, 4.69) is 20.3 Å². The van der Waals surface area contributed by atoms with Gasteiger partial charge >= 0.3 is 0 Å². The number of anilines is 1. The maximum absolute atomic E-state index is 15.4. The first-order valence-electron chi connectivity index (χ1n) is 15.7. The molecule has 0 unspecified atom stereocenters. The van der Waals surface area contributed by atoms with Crippen LogP contribution in [-0.4, -0.2) is 78.2 Å². The molecular formula is C35H33F2N5O6. The van der Waals surface area contributed by atoms with Gasteiger partial charge < -0.3 is 29.0 Å². The molecule has 7 rings (SSSR count). The van der Waals surface area contributed by atoms with Crippen molar-refractivity contribution in [3.63, 3.8) is 0 Å². The number of aryl methyl sites for hydroxylation is 1. The number of fused-ring (bicyclic) bond motifs is 3. The van der Waals surface area contributed by atoms with Gasteiger partial charge in [-0.1, -0.05) is 0 Å². The maximum atomic E-state index is 15.4. The third-order valence-electron chi connectivity index (χ3n) is 8.06. The van der Waals surface area contributed by atoms with Crippen molar-refractivity contribution in [3.05, 3.63) is 89.9 Å². The average molecular weight is 658 g/mol. The molecule has 48 heavy (non-hydrogen) atoms. The highest BCUT2D eigenvalue weighted by Gasteiger charge is 2.25. The quantitative estimate of drug-likeness (QED) is 0.183. The lowest BCUT2D eigenvalue weighted by atomic mass is 10.1. The molecule has 1 saturated heterocycles. The normalized spacial score (nSPS) is 14.6. The molecule has 248 valence electrons. The summed E-state index contributed by atoms with van der Waals surface area (Å²) in [6, 6.07) is 13.3. The summed E-state index contributed by atoms with van der Waals surface area (Å²) in [6.45, 7) is 7.14. The number of nitrogens with one attached hydrogen (secondary N) is 1. The largest absolute Gasteiger partial charge is 0.489 e. The van der Waals surface area contributed by atoms with Crippen molar-refractivity contribution in [2.75, 3.05) is 58.0 Å². The molecule has 2 aliphatic rings. The molecule has 0 spiro atoms. The van der Waals surface area contributed by atoms with E-state index in [9.17, 15) is 9.18 Å². The van der Waals surface area contributed by atoms with Crippen LogP contribution in [-0.2, 0) is 4.74 Å². The van der Waals surface area contributed by atoms with Crippen LogP contribution in [0, 0.1) is 18.6 Å². The van der Waals surface area contributed by atoms with Crippen LogP contribution in [0.4, 0.5) is 14.5 Å². The summed E-state index contributed by atoms with van der Waals surface area (Å²) >= 11 is 0. The van der Waals surface area contributed by atoms with Gasteiger partial charge in [0.1, 0.15) is 24.8 Å². The Bertz CT molecular complexity index is 1960. The molecule has 0 aliphatic carbocycles. The molecule has 13 heteroatoms. The third-order valence-corrected chi connectivity index (χ3v) is 8.06. The first kappa shape index (κ1) is 31.3. The van der Waals surface area contributed by atoms with Crippen molar-refractivity contribution in [2.45, 2.75) is 13.3 Å². The summed E-state index contributed by atoms with van der Waals surface area (Å²) < 4.78 is 60.0. The predicted octanol–water partition coefficient (Wildman–Crippen LogP) is 5.92. The molecule has 0 bridgehead atoms. The Labute approximate surface area is 274 Å². The van der Waals surface area contributed by atoms with Crippen molar-refractivity contribution in [1.29, 1.82) is 0 Å². The minimum atomic E-state index is -0.698. The molecule has 4 heterocycles. The number of morpholine rings is 1. The molecule has 11 nitrogen and oxygen atoms in total. The summed E-state index contributed by atoms with van der Waals surface area (Å²) in [6.07, 6.45) is 3.99. The fraction of sp³-hybridized carbons (Fsp3) is 0.286. The van der Waals surface area contributed by atoms with Gasteiger partial charge in [0.15, 0.2) is 28.8 Å². The van der Waals surface area contributed by atoms with E-state index in [1.165, 1.54) is 35.0 Å². The summed E-state index contributed by atoms with van der Waals surface area (Å²) in [5.41, 5.74) is 2.15. The number of aromatic nitrogens is 3. The van der Waals surface area contributed by atoms with Crippen LogP contribution in [0.3, 0.4) is 0 Å². The summed E-state index contributed by atoms with van der Waals surface area (Å²) in [5, 5.41) is 7.47. The van der Waals surface area contributed by atoms with Gasteiger partial charge in [-0.25, -0.2) is 13.5 Å². The Kier molecular flexibility index (Phi) is 9.03. The Morgan fingerprint density at radius 2 is 1.77 bits per heavy atom. The number of hydrogen-bond donors (Lipinski definition) is 1. The van der Waals surface area contributed by atoms with Gasteiger partial charge in [0, 0.05) is 49.8 Å². The number of carbonyl (C=O) groups is 1. The highest BCUT2D eigenvalue weighted by Crippen LogP contribution is 2.48. The van der Waals surface area contributed by atoms with E-state index in [1.54, 1.807) is 37.5 Å². The van der Waals surface area contributed by atoms with Gasteiger partial charge in [0.25, 0.3) is 5.91 Å². The van der Waals surface area contributed by atoms with Gasteiger partial charge in [0.05, 0.1) is 36.4 Å². The number of rotatable bonds is 10. The second-order valence-electron chi connectivity index (χ2n) is 11.4. The number of hydrogen-bond acceptors (Lipinski definition) is 9. The van der Waals surface area contributed by atoms with E-state index in [1.807, 2.05) is 0 Å². The first-order valence-corrected chi connectivity index (χ1v) is 15.7. The molecule has 2 aliphatic heterocycles. The van der Waals surface area contributed by atoms with Gasteiger partial charge in [-0.3, -0.25) is 14.7 Å². The molecule has 1 N–H and O–H groups in total. The van der Waals surface area contributed by atoms with E-state index in [4.69, 9.17) is 23.7 Å². The monoisotopic (exact) mass is 657 g/mol. The average Bonchev–Trinajstić information content (AvgIpc) is 3.59. The number of carbonyl (C=O) groups excluding carboxylic acids is 1. The van der Waals surface area contributed by atoms with Gasteiger partial charge in [-0.05, 0) is 61.4 Å². The minimum Gasteiger partial charge on any atom is -0.489 e. The minimum absolute atomic E-state index is 0.0644. The zero-order chi connectivity index (χ0) is 33.0. The van der Waals surface area contributed by atoms with E-state index in [-0.39, 0.29) is 22.9 Å². The lowest BCUT2D eigenvalue weighted by molar-refractivity contribution is 0.0357. The fourth-order valence-corrected chi connectivity index (χ4v) is 5.69. The van der Waals surface area contributed by atoms with E-state index in [0.717, 1.165) is 45.3 Å². The lowest BCUT2D eigenvalue weighted by Gasteiger charge is -2.26. The SMILES string of the molecule is Cc1cc(F)ccc1-n1ccc(C(=O)Nc2ccc(Oc3ccnc4cc(OCCCN5CCOCC5)c5c(c34)OCCO5)c(F)c2)n1. The Hall–Kier alpha value is -5.27. The molecule has 3 aromatic carbocycles. The molecule has 1 fully saturated rings. The fourth-order valence-electron chi connectivity index (χ4n) is 5.69. The van der Waals surface area contributed by atoms with Crippen LogP contribution in [0.25, 0.3) is 16.6 Å². The molecule has 5 aromatic rings. The third kappa shape index (κ3) is 6.73. The number of amides is 1. The summed E-state index contributed by atoms with van der Waals surface area (Å²) in [5.74, 6) is 0.0509. The van der Waals surface area contributed by atoms with Gasteiger partial charge in [0.2, 0.25) is 5.75 Å². The predicted molar refractivity (Wildman–Crippen MR) is 173 cm³/mol. The molecule has 2 aromatic heterocycles. The number of benzene rings is 3. The second kappa shape index (κ2) is 13.8. The van der Waals surface area contributed by atoms with Crippen molar-refractivity contribution in [1.82, 2.24) is 19.7 Å². The Morgan fingerprint density at radius 1 is 0.938 bits per heavy atom.